The molecule has 2 fully saturated rings. The number of ether oxygens (including phenoxy) is 1. The van der Waals surface area contributed by atoms with E-state index in [0.717, 1.165) is 82.3 Å². The number of hydrogen-bond donors (Lipinski definition) is 0. The van der Waals surface area contributed by atoms with Crippen molar-refractivity contribution in [2.75, 3.05) is 71.4 Å². The highest BCUT2D eigenvalue weighted by molar-refractivity contribution is 5.54. The first kappa shape index (κ1) is 22.6. The van der Waals surface area contributed by atoms with Crippen LogP contribution < -0.4 is 9.64 Å². The highest BCUT2D eigenvalue weighted by Crippen LogP contribution is 2.23. The number of rotatable bonds is 6. The molecule has 2 saturated heterocycles. The van der Waals surface area contributed by atoms with E-state index in [4.69, 9.17) is 4.74 Å². The Morgan fingerprint density at radius 3 is 2.25 bits per heavy atom. The first-order valence-electron chi connectivity index (χ1n) is 11.7. The predicted molar refractivity (Wildman–Crippen MR) is 129 cm³/mol. The van der Waals surface area contributed by atoms with E-state index in [1.165, 1.54) is 17.7 Å². The minimum Gasteiger partial charge on any atom is -0.497 e. The molecule has 0 N–H and O–H groups in total. The monoisotopic (exact) mass is 433 g/mol. The Kier molecular flexibility index (Phi) is 7.64. The summed E-state index contributed by atoms with van der Waals surface area (Å²) in [5.74, 6) is 0.904. The lowest BCUT2D eigenvalue weighted by Crippen LogP contribution is -2.45. The van der Waals surface area contributed by atoms with Gasteiger partial charge < -0.3 is 14.5 Å². The van der Waals surface area contributed by atoms with Crippen molar-refractivity contribution in [3.8, 4) is 11.8 Å². The second kappa shape index (κ2) is 10.8. The minimum absolute atomic E-state index is 0.807. The highest BCUT2D eigenvalue weighted by Gasteiger charge is 2.20. The van der Waals surface area contributed by atoms with Gasteiger partial charge in [-0.15, -0.1) is 0 Å². The molecule has 32 heavy (non-hydrogen) atoms. The lowest BCUT2D eigenvalue weighted by Gasteiger charge is -2.35. The molecule has 6 heteroatoms. The van der Waals surface area contributed by atoms with Crippen molar-refractivity contribution in [1.82, 2.24) is 14.7 Å². The van der Waals surface area contributed by atoms with Gasteiger partial charge in [0.25, 0.3) is 0 Å². The van der Waals surface area contributed by atoms with Gasteiger partial charge in [0.1, 0.15) is 5.75 Å². The third-order valence-electron chi connectivity index (χ3n) is 6.72. The van der Waals surface area contributed by atoms with Crippen LogP contribution in [0.15, 0.2) is 42.5 Å². The molecule has 4 rings (SSSR count). The van der Waals surface area contributed by atoms with E-state index in [0.29, 0.717) is 0 Å². The number of anilines is 1. The van der Waals surface area contributed by atoms with Crippen LogP contribution in [0.3, 0.4) is 0 Å². The first-order chi connectivity index (χ1) is 15.6. The van der Waals surface area contributed by atoms with E-state index in [-0.39, 0.29) is 0 Å². The molecule has 0 atom stereocenters. The zero-order valence-electron chi connectivity index (χ0n) is 19.5. The van der Waals surface area contributed by atoms with Crippen LogP contribution in [0.4, 0.5) is 5.69 Å². The van der Waals surface area contributed by atoms with Crippen molar-refractivity contribution in [3.05, 3.63) is 59.2 Å². The molecule has 0 aromatic heterocycles. The molecule has 2 aliphatic rings. The Morgan fingerprint density at radius 2 is 1.56 bits per heavy atom. The largest absolute Gasteiger partial charge is 0.497 e. The number of likely N-dealkylation sites (N-methyl/N-ethyl adjacent to an activating group) is 1. The van der Waals surface area contributed by atoms with Crippen LogP contribution in [0, 0.1) is 11.3 Å². The molecule has 2 aromatic rings. The van der Waals surface area contributed by atoms with Gasteiger partial charge in [0.2, 0.25) is 0 Å². The fraction of sp³-hybridized carbons (Fsp3) is 0.500. The van der Waals surface area contributed by atoms with E-state index in [9.17, 15) is 5.26 Å². The van der Waals surface area contributed by atoms with E-state index in [1.807, 2.05) is 18.2 Å². The molecule has 6 nitrogen and oxygen atoms in total. The second-order valence-electron chi connectivity index (χ2n) is 9.00. The van der Waals surface area contributed by atoms with Crippen molar-refractivity contribution in [2.24, 2.45) is 0 Å². The summed E-state index contributed by atoms with van der Waals surface area (Å²) in [5.41, 5.74) is 4.54. The Hall–Kier alpha value is -2.59. The molecule has 0 bridgehead atoms. The first-order valence-corrected chi connectivity index (χ1v) is 11.7. The van der Waals surface area contributed by atoms with Gasteiger partial charge in [0, 0.05) is 64.6 Å². The lowest BCUT2D eigenvalue weighted by atomic mass is 10.1. The van der Waals surface area contributed by atoms with Crippen LogP contribution in [0.25, 0.3) is 0 Å². The van der Waals surface area contributed by atoms with Gasteiger partial charge in [-0.2, -0.15) is 5.26 Å². The Labute approximate surface area is 192 Å². The molecular weight excluding hydrogens is 398 g/mol. The van der Waals surface area contributed by atoms with Crippen molar-refractivity contribution in [2.45, 2.75) is 19.5 Å². The summed E-state index contributed by atoms with van der Waals surface area (Å²) in [4.78, 5) is 9.87. The van der Waals surface area contributed by atoms with Crippen LogP contribution in [0.2, 0.25) is 0 Å². The number of nitrogens with zero attached hydrogens (tertiary/aromatic N) is 5. The van der Waals surface area contributed by atoms with Gasteiger partial charge >= 0.3 is 0 Å². The fourth-order valence-electron chi connectivity index (χ4n) is 4.66. The van der Waals surface area contributed by atoms with Gasteiger partial charge in [-0.1, -0.05) is 12.1 Å². The topological polar surface area (TPSA) is 46.0 Å². The fourth-order valence-corrected chi connectivity index (χ4v) is 4.66. The Morgan fingerprint density at radius 1 is 0.844 bits per heavy atom. The zero-order chi connectivity index (χ0) is 22.3. The van der Waals surface area contributed by atoms with E-state index in [2.05, 4.69) is 57.0 Å². The molecule has 170 valence electrons. The minimum atomic E-state index is 0.807. The third-order valence-corrected chi connectivity index (χ3v) is 6.72. The Balaban J connectivity index is 1.35. The van der Waals surface area contributed by atoms with Crippen LogP contribution in [-0.4, -0.2) is 81.2 Å². The molecule has 2 aliphatic heterocycles. The molecule has 2 heterocycles. The van der Waals surface area contributed by atoms with Crippen molar-refractivity contribution >= 4 is 5.69 Å². The van der Waals surface area contributed by atoms with Crippen LogP contribution in [0.1, 0.15) is 23.1 Å². The maximum Gasteiger partial charge on any atom is 0.118 e. The van der Waals surface area contributed by atoms with Crippen LogP contribution in [0.5, 0.6) is 5.75 Å². The average Bonchev–Trinajstić information content (AvgIpc) is 3.05. The SMILES string of the molecule is COc1ccc(CN2CCN(Cc3cc(N4CCCN(C)CC4)ccc3C#N)CC2)cc1. The highest BCUT2D eigenvalue weighted by atomic mass is 16.5. The molecule has 0 aliphatic carbocycles. The van der Waals surface area contributed by atoms with Gasteiger partial charge in [0.05, 0.1) is 18.7 Å². The number of piperazine rings is 1. The molecule has 0 saturated carbocycles. The lowest BCUT2D eigenvalue weighted by molar-refractivity contribution is 0.122. The summed E-state index contributed by atoms with van der Waals surface area (Å²) in [7, 11) is 3.90. The molecule has 0 spiro atoms. The second-order valence-corrected chi connectivity index (χ2v) is 9.00. The quantitative estimate of drug-likeness (QED) is 0.698. The summed E-state index contributed by atoms with van der Waals surface area (Å²) in [6, 6.07) is 17.2. The van der Waals surface area contributed by atoms with Crippen LogP contribution >= 0.6 is 0 Å². The maximum atomic E-state index is 9.67. The van der Waals surface area contributed by atoms with Gasteiger partial charge in [-0.3, -0.25) is 9.80 Å². The number of hydrogen-bond acceptors (Lipinski definition) is 6. The third kappa shape index (κ3) is 5.80. The van der Waals surface area contributed by atoms with E-state index < -0.39 is 0 Å². The summed E-state index contributed by atoms with van der Waals surface area (Å²) in [6.45, 7) is 10.3. The summed E-state index contributed by atoms with van der Waals surface area (Å²) >= 11 is 0. The average molecular weight is 434 g/mol. The smallest absolute Gasteiger partial charge is 0.118 e. The number of nitriles is 1. The molecule has 0 unspecified atom stereocenters. The number of methoxy groups -OCH3 is 1. The standard InChI is InChI=1S/C26H35N5O/c1-28-10-3-11-31(17-12-28)25-7-6-23(19-27)24(18-25)21-30-15-13-29(14-16-30)20-22-4-8-26(32-2)9-5-22/h4-9,18H,3,10-17,20-21H2,1-2H3. The van der Waals surface area contributed by atoms with E-state index >= 15 is 0 Å². The Bertz CT molecular complexity index is 915. The zero-order valence-corrected chi connectivity index (χ0v) is 19.5. The van der Waals surface area contributed by atoms with Crippen molar-refractivity contribution in [3.63, 3.8) is 0 Å². The summed E-state index contributed by atoms with van der Waals surface area (Å²) in [5, 5.41) is 9.67. The van der Waals surface area contributed by atoms with E-state index in [1.54, 1.807) is 7.11 Å². The molecular formula is C26H35N5O. The summed E-state index contributed by atoms with van der Waals surface area (Å²) < 4.78 is 5.26. The van der Waals surface area contributed by atoms with Gasteiger partial charge in [-0.05, 0) is 61.5 Å². The normalized spacial score (nSPS) is 18.8. The van der Waals surface area contributed by atoms with Gasteiger partial charge in [-0.25, -0.2) is 0 Å². The van der Waals surface area contributed by atoms with Crippen LogP contribution in [-0.2, 0) is 13.1 Å². The predicted octanol–water partition coefficient (Wildman–Crippen LogP) is 3.03. The van der Waals surface area contributed by atoms with Crippen molar-refractivity contribution in [1.29, 1.82) is 5.26 Å². The van der Waals surface area contributed by atoms with Crippen molar-refractivity contribution < 1.29 is 4.74 Å². The maximum absolute atomic E-state index is 9.67. The van der Waals surface area contributed by atoms with Gasteiger partial charge in [0.15, 0.2) is 0 Å². The molecule has 2 aromatic carbocycles. The summed E-state index contributed by atoms with van der Waals surface area (Å²) in [6.07, 6.45) is 1.18. The molecule has 0 radical (unpaired) electrons. The number of benzene rings is 2. The molecule has 0 amide bonds.